The van der Waals surface area contributed by atoms with Crippen LogP contribution in [-0.4, -0.2) is 29.4 Å². The molecule has 2 N–H and O–H groups in total. The topological polar surface area (TPSA) is 106 Å². The summed E-state index contributed by atoms with van der Waals surface area (Å²) in [4.78, 5) is 22.3. The van der Waals surface area contributed by atoms with Gasteiger partial charge >= 0.3 is 11.6 Å². The lowest BCUT2D eigenvalue weighted by Crippen LogP contribution is -2.08. The number of fused-ring (bicyclic) bond motifs is 1. The van der Waals surface area contributed by atoms with Gasteiger partial charge in [0.1, 0.15) is 11.3 Å². The minimum absolute atomic E-state index is 0.0170. The van der Waals surface area contributed by atoms with Gasteiger partial charge in [0.15, 0.2) is 5.75 Å². The molecule has 0 unspecified atom stereocenters. The number of carbonyl (C=O) groups is 1. The molecule has 0 spiro atoms. The van der Waals surface area contributed by atoms with Gasteiger partial charge in [-0.15, -0.1) is 0 Å². The van der Waals surface area contributed by atoms with Gasteiger partial charge in [-0.05, 0) is 31.0 Å². The van der Waals surface area contributed by atoms with E-state index in [4.69, 9.17) is 19.0 Å². The van der Waals surface area contributed by atoms with E-state index < -0.39 is 11.6 Å². The normalized spacial score (nSPS) is 10.7. The summed E-state index contributed by atoms with van der Waals surface area (Å²) in [6.45, 7) is 2.53. The number of ether oxygens (including phenoxy) is 2. The first kappa shape index (κ1) is 17.7. The van der Waals surface area contributed by atoms with Gasteiger partial charge in [-0.3, -0.25) is 4.79 Å². The molecule has 0 bridgehead atoms. The van der Waals surface area contributed by atoms with Crippen molar-refractivity contribution in [2.24, 2.45) is 0 Å². The molecule has 0 fully saturated rings. The Kier molecular flexibility index (Phi) is 6.06. The number of carboxylic acids is 1. The molecule has 1 aromatic heterocycles. The van der Waals surface area contributed by atoms with Crippen LogP contribution in [0.2, 0.25) is 0 Å². The lowest BCUT2D eigenvalue weighted by molar-refractivity contribution is -0.137. The monoisotopic (exact) mass is 336 g/mol. The summed E-state index contributed by atoms with van der Waals surface area (Å²) in [6, 6.07) is 4.63. The first-order valence-corrected chi connectivity index (χ1v) is 7.80. The molecule has 1 aromatic carbocycles. The highest BCUT2D eigenvalue weighted by molar-refractivity contribution is 5.86. The molecule has 0 atom stereocenters. The highest BCUT2D eigenvalue weighted by Gasteiger charge is 2.16. The summed E-state index contributed by atoms with van der Waals surface area (Å²) in [7, 11) is 0. The molecule has 0 radical (unpaired) electrons. The van der Waals surface area contributed by atoms with Crippen LogP contribution in [0.1, 0.15) is 32.6 Å². The van der Waals surface area contributed by atoms with Gasteiger partial charge in [0.2, 0.25) is 5.75 Å². The minimum atomic E-state index is -0.884. The van der Waals surface area contributed by atoms with Crippen molar-refractivity contribution in [3.05, 3.63) is 28.6 Å². The molecular formula is C17H20O7. The van der Waals surface area contributed by atoms with Crippen molar-refractivity contribution in [3.63, 3.8) is 0 Å². The highest BCUT2D eigenvalue weighted by atomic mass is 16.5. The maximum atomic E-state index is 11.9. The Morgan fingerprint density at radius 2 is 1.96 bits per heavy atom. The van der Waals surface area contributed by atoms with Crippen LogP contribution in [-0.2, 0) is 4.79 Å². The summed E-state index contributed by atoms with van der Waals surface area (Å²) in [5.74, 6) is -0.936. The van der Waals surface area contributed by atoms with Gasteiger partial charge in [0.25, 0.3) is 0 Å². The third-order valence-electron chi connectivity index (χ3n) is 3.36. The summed E-state index contributed by atoms with van der Waals surface area (Å²) in [5, 5.41) is 19.2. The van der Waals surface area contributed by atoms with E-state index in [9.17, 15) is 14.7 Å². The molecule has 0 amide bonds. The van der Waals surface area contributed by atoms with E-state index in [2.05, 4.69) is 0 Å². The van der Waals surface area contributed by atoms with Crippen LogP contribution in [0.15, 0.2) is 27.4 Å². The fourth-order valence-electron chi connectivity index (χ4n) is 2.10. The number of hydrogen-bond acceptors (Lipinski definition) is 6. The van der Waals surface area contributed by atoms with E-state index in [0.29, 0.717) is 24.2 Å². The largest absolute Gasteiger partial charge is 0.504 e. The average Bonchev–Trinajstić information content (AvgIpc) is 2.55. The van der Waals surface area contributed by atoms with Crippen molar-refractivity contribution < 1.29 is 28.9 Å². The van der Waals surface area contributed by atoms with Gasteiger partial charge < -0.3 is 24.1 Å². The van der Waals surface area contributed by atoms with Crippen LogP contribution in [0.5, 0.6) is 17.2 Å². The molecule has 7 heteroatoms. The standard InChI is InChI=1S/C17H20O7/c1-2-3-8-23-16-15(20)12-10-11(22-9-4-5-14(18)19)6-7-13(12)24-17(16)21/h6-7,10,20H,2-5,8-9H2,1H3,(H,18,19). The molecular weight excluding hydrogens is 316 g/mol. The third-order valence-corrected chi connectivity index (χ3v) is 3.36. The first-order valence-electron chi connectivity index (χ1n) is 7.80. The lowest BCUT2D eigenvalue weighted by Gasteiger charge is -2.10. The van der Waals surface area contributed by atoms with Gasteiger partial charge in [-0.1, -0.05) is 13.3 Å². The Morgan fingerprint density at radius 1 is 1.21 bits per heavy atom. The minimum Gasteiger partial charge on any atom is -0.504 e. The second-order valence-corrected chi connectivity index (χ2v) is 5.27. The maximum absolute atomic E-state index is 11.9. The van der Waals surface area contributed by atoms with Crippen molar-refractivity contribution in [2.45, 2.75) is 32.6 Å². The molecule has 1 heterocycles. The molecule has 0 saturated carbocycles. The van der Waals surface area contributed by atoms with Gasteiger partial charge in [-0.25, -0.2) is 4.79 Å². The average molecular weight is 336 g/mol. The predicted octanol–water partition coefficient (Wildman–Crippen LogP) is 2.92. The van der Waals surface area contributed by atoms with E-state index in [1.807, 2.05) is 6.92 Å². The SMILES string of the molecule is CCCCOc1c(O)c2cc(OCCCC(=O)O)ccc2oc1=O. The van der Waals surface area contributed by atoms with Crippen molar-refractivity contribution in [1.82, 2.24) is 0 Å². The van der Waals surface area contributed by atoms with Crippen LogP contribution in [0, 0.1) is 0 Å². The summed E-state index contributed by atoms with van der Waals surface area (Å²) < 4.78 is 15.9. The zero-order chi connectivity index (χ0) is 17.5. The van der Waals surface area contributed by atoms with Gasteiger partial charge in [0, 0.05) is 6.42 Å². The molecule has 7 nitrogen and oxygen atoms in total. The van der Waals surface area contributed by atoms with E-state index in [-0.39, 0.29) is 30.1 Å². The van der Waals surface area contributed by atoms with E-state index in [0.717, 1.165) is 12.8 Å². The lowest BCUT2D eigenvalue weighted by atomic mass is 10.2. The van der Waals surface area contributed by atoms with Crippen LogP contribution in [0.25, 0.3) is 11.0 Å². The number of carboxylic acid groups (broad SMARTS) is 1. The van der Waals surface area contributed by atoms with Crippen molar-refractivity contribution in [3.8, 4) is 17.2 Å². The fraction of sp³-hybridized carbons (Fsp3) is 0.412. The van der Waals surface area contributed by atoms with Crippen LogP contribution in [0.3, 0.4) is 0 Å². The number of aliphatic carboxylic acids is 1. The maximum Gasteiger partial charge on any atom is 0.383 e. The van der Waals surface area contributed by atoms with Crippen molar-refractivity contribution in [2.75, 3.05) is 13.2 Å². The summed E-state index contributed by atoms with van der Waals surface area (Å²) in [5.41, 5.74) is -0.510. The number of aromatic hydroxyl groups is 1. The Morgan fingerprint density at radius 3 is 2.67 bits per heavy atom. The molecule has 0 saturated heterocycles. The summed E-state index contributed by atoms with van der Waals surface area (Å²) in [6.07, 6.45) is 2.04. The molecule has 130 valence electrons. The molecule has 2 rings (SSSR count). The Balaban J connectivity index is 2.20. The second kappa shape index (κ2) is 8.24. The fourth-order valence-corrected chi connectivity index (χ4v) is 2.10. The predicted molar refractivity (Wildman–Crippen MR) is 86.9 cm³/mol. The van der Waals surface area contributed by atoms with Crippen LogP contribution < -0.4 is 15.1 Å². The van der Waals surface area contributed by atoms with Gasteiger partial charge in [-0.2, -0.15) is 0 Å². The Labute approximate surface area is 138 Å². The van der Waals surface area contributed by atoms with Crippen LogP contribution >= 0.6 is 0 Å². The zero-order valence-electron chi connectivity index (χ0n) is 13.4. The molecule has 0 aliphatic carbocycles. The van der Waals surface area contributed by atoms with Crippen molar-refractivity contribution in [1.29, 1.82) is 0 Å². The third kappa shape index (κ3) is 4.41. The molecule has 2 aromatic rings. The number of benzene rings is 1. The van der Waals surface area contributed by atoms with E-state index in [1.54, 1.807) is 6.07 Å². The first-order chi connectivity index (χ1) is 11.5. The number of unbranched alkanes of at least 4 members (excludes halogenated alkanes) is 1. The Bertz CT molecular complexity index is 763. The van der Waals surface area contributed by atoms with Gasteiger partial charge in [0.05, 0.1) is 18.6 Å². The smallest absolute Gasteiger partial charge is 0.383 e. The quantitative estimate of drug-likeness (QED) is 0.535. The number of rotatable bonds is 9. The molecule has 24 heavy (non-hydrogen) atoms. The van der Waals surface area contributed by atoms with E-state index in [1.165, 1.54) is 12.1 Å². The Hall–Kier alpha value is -2.70. The summed E-state index contributed by atoms with van der Waals surface area (Å²) >= 11 is 0. The second-order valence-electron chi connectivity index (χ2n) is 5.27. The van der Waals surface area contributed by atoms with Crippen LogP contribution in [0.4, 0.5) is 0 Å². The zero-order valence-corrected chi connectivity index (χ0v) is 13.4. The highest BCUT2D eigenvalue weighted by Crippen LogP contribution is 2.33. The molecule has 0 aliphatic rings. The van der Waals surface area contributed by atoms with Crippen molar-refractivity contribution >= 4 is 16.9 Å². The molecule has 0 aliphatic heterocycles. The number of hydrogen-bond donors (Lipinski definition) is 2. The van der Waals surface area contributed by atoms with E-state index >= 15 is 0 Å².